The van der Waals surface area contributed by atoms with Gasteiger partial charge in [0.1, 0.15) is 6.54 Å². The number of aryl methyl sites for hydroxylation is 1. The van der Waals surface area contributed by atoms with E-state index in [2.05, 4.69) is 20.4 Å². The predicted octanol–water partition coefficient (Wildman–Crippen LogP) is 3.83. The summed E-state index contributed by atoms with van der Waals surface area (Å²) in [6.07, 6.45) is 7.33. The number of fused-ring (bicyclic) bond motifs is 1. The molecule has 0 spiro atoms. The number of aliphatic carboxylic acids is 1. The van der Waals surface area contributed by atoms with E-state index in [0.717, 1.165) is 41.4 Å². The first-order chi connectivity index (χ1) is 17.7. The standard InChI is InChI=1S/C25H25FN6O4S/c1-16-8-10-18(11-9-16)37(35,36)32-14-20(19-7-4-12-27-25(19)32)23-28-13-21(26)24(29-23)30-31(15-22(33)34)17-5-2-3-6-17/h4,7-14,17H,2-3,5-6,15H2,1H3,(H,33,34)(H,28,29,30). The molecule has 0 bridgehead atoms. The van der Waals surface area contributed by atoms with E-state index in [9.17, 15) is 22.7 Å². The highest BCUT2D eigenvalue weighted by Gasteiger charge is 2.27. The normalized spacial score (nSPS) is 14.5. The van der Waals surface area contributed by atoms with Crippen LogP contribution in [0, 0.1) is 12.7 Å². The van der Waals surface area contributed by atoms with Crippen LogP contribution < -0.4 is 5.43 Å². The number of anilines is 1. The third kappa shape index (κ3) is 4.89. The summed E-state index contributed by atoms with van der Waals surface area (Å²) in [5.41, 5.74) is 4.27. The van der Waals surface area contributed by atoms with Gasteiger partial charge < -0.3 is 5.11 Å². The topological polar surface area (TPSA) is 130 Å². The smallest absolute Gasteiger partial charge is 0.319 e. The van der Waals surface area contributed by atoms with Gasteiger partial charge in [0.25, 0.3) is 10.0 Å². The number of halogens is 1. The van der Waals surface area contributed by atoms with Crippen molar-refractivity contribution in [1.82, 2.24) is 23.9 Å². The quantitative estimate of drug-likeness (QED) is 0.330. The van der Waals surface area contributed by atoms with Gasteiger partial charge in [0.15, 0.2) is 23.1 Å². The molecule has 10 nitrogen and oxygen atoms in total. The maximum Gasteiger partial charge on any atom is 0.319 e. The van der Waals surface area contributed by atoms with E-state index >= 15 is 0 Å². The first-order valence-corrected chi connectivity index (χ1v) is 13.2. The number of hydrogen-bond donors (Lipinski definition) is 2. The third-order valence-corrected chi connectivity index (χ3v) is 8.08. The van der Waals surface area contributed by atoms with E-state index in [1.807, 2.05) is 6.92 Å². The van der Waals surface area contributed by atoms with Gasteiger partial charge in [-0.05, 0) is 44.0 Å². The van der Waals surface area contributed by atoms with Crippen LogP contribution in [0.5, 0.6) is 0 Å². The zero-order chi connectivity index (χ0) is 26.2. The zero-order valence-corrected chi connectivity index (χ0v) is 20.8. The summed E-state index contributed by atoms with van der Waals surface area (Å²) in [4.78, 5) is 24.2. The molecule has 0 atom stereocenters. The van der Waals surface area contributed by atoms with Crippen LogP contribution >= 0.6 is 0 Å². The molecule has 0 unspecified atom stereocenters. The summed E-state index contributed by atoms with van der Waals surface area (Å²) in [6, 6.07) is 9.74. The number of nitrogens with one attached hydrogen (secondary N) is 1. The van der Waals surface area contributed by atoms with Crippen LogP contribution in [0.25, 0.3) is 22.4 Å². The molecule has 0 radical (unpaired) electrons. The molecule has 12 heteroatoms. The number of pyridine rings is 1. The van der Waals surface area contributed by atoms with Gasteiger partial charge in [0, 0.05) is 29.4 Å². The van der Waals surface area contributed by atoms with Crippen LogP contribution in [-0.4, -0.2) is 56.0 Å². The minimum atomic E-state index is -4.00. The molecule has 37 heavy (non-hydrogen) atoms. The summed E-state index contributed by atoms with van der Waals surface area (Å²) >= 11 is 0. The number of rotatable bonds is 8. The van der Waals surface area contributed by atoms with Crippen LogP contribution in [0.15, 0.2) is 59.9 Å². The molecule has 2 N–H and O–H groups in total. The number of carboxylic acids is 1. The molecule has 1 aromatic carbocycles. The number of nitrogens with zero attached hydrogens (tertiary/aromatic N) is 5. The number of carbonyl (C=O) groups is 1. The molecule has 5 rings (SSSR count). The zero-order valence-electron chi connectivity index (χ0n) is 20.0. The van der Waals surface area contributed by atoms with Crippen LogP contribution in [-0.2, 0) is 14.8 Å². The predicted molar refractivity (Wildman–Crippen MR) is 135 cm³/mol. The summed E-state index contributed by atoms with van der Waals surface area (Å²) in [5.74, 6) is -1.93. The Morgan fingerprint density at radius 1 is 1.19 bits per heavy atom. The average Bonchev–Trinajstić information content (AvgIpc) is 3.54. The molecule has 3 aromatic heterocycles. The molecule has 1 aliphatic rings. The van der Waals surface area contributed by atoms with Crippen molar-refractivity contribution >= 4 is 32.8 Å². The Hall–Kier alpha value is -3.90. The molecule has 0 aliphatic heterocycles. The Kier molecular flexibility index (Phi) is 6.61. The van der Waals surface area contributed by atoms with Gasteiger partial charge in [-0.1, -0.05) is 30.5 Å². The van der Waals surface area contributed by atoms with Gasteiger partial charge in [0.05, 0.1) is 11.1 Å². The fourth-order valence-corrected chi connectivity index (χ4v) is 5.87. The maximum absolute atomic E-state index is 14.8. The maximum atomic E-state index is 14.8. The van der Waals surface area contributed by atoms with E-state index in [1.54, 1.807) is 24.3 Å². The van der Waals surface area contributed by atoms with E-state index < -0.39 is 21.8 Å². The van der Waals surface area contributed by atoms with E-state index in [4.69, 9.17) is 0 Å². The summed E-state index contributed by atoms with van der Waals surface area (Å²) in [6.45, 7) is 1.53. The fraction of sp³-hybridized carbons (Fsp3) is 0.280. The number of benzene rings is 1. The van der Waals surface area contributed by atoms with Crippen molar-refractivity contribution in [2.75, 3.05) is 12.0 Å². The lowest BCUT2D eigenvalue weighted by Crippen LogP contribution is -2.42. The lowest BCUT2D eigenvalue weighted by Gasteiger charge is -2.28. The van der Waals surface area contributed by atoms with E-state index in [-0.39, 0.29) is 34.8 Å². The second kappa shape index (κ2) is 9.87. The first-order valence-electron chi connectivity index (χ1n) is 11.8. The molecule has 4 aromatic rings. The Bertz CT molecular complexity index is 1570. The third-order valence-electron chi connectivity index (χ3n) is 6.42. The summed E-state index contributed by atoms with van der Waals surface area (Å²) in [5, 5.41) is 11.3. The van der Waals surface area contributed by atoms with E-state index in [0.29, 0.717) is 10.9 Å². The second-order valence-electron chi connectivity index (χ2n) is 8.99. The van der Waals surface area contributed by atoms with Crippen molar-refractivity contribution in [3.05, 3.63) is 66.4 Å². The fourth-order valence-electron chi connectivity index (χ4n) is 4.55. The lowest BCUT2D eigenvalue weighted by molar-refractivity contribution is -0.138. The number of carboxylic acid groups (broad SMARTS) is 1. The molecular formula is C25H25FN6O4S. The molecule has 0 saturated heterocycles. The highest BCUT2D eigenvalue weighted by molar-refractivity contribution is 7.90. The monoisotopic (exact) mass is 524 g/mol. The lowest BCUT2D eigenvalue weighted by atomic mass is 10.2. The van der Waals surface area contributed by atoms with Gasteiger partial charge in [-0.3, -0.25) is 10.2 Å². The number of hydrazine groups is 1. The summed E-state index contributed by atoms with van der Waals surface area (Å²) < 4.78 is 42.8. The van der Waals surface area contributed by atoms with Gasteiger partial charge in [-0.25, -0.2) is 36.7 Å². The Morgan fingerprint density at radius 2 is 1.92 bits per heavy atom. The van der Waals surface area contributed by atoms with E-state index in [1.165, 1.54) is 29.5 Å². The minimum Gasteiger partial charge on any atom is -0.480 e. The average molecular weight is 525 g/mol. The van der Waals surface area contributed by atoms with Crippen molar-refractivity contribution in [3.8, 4) is 11.4 Å². The van der Waals surface area contributed by atoms with Gasteiger partial charge in [-0.2, -0.15) is 0 Å². The molecule has 1 aliphatic carbocycles. The number of hydrogen-bond acceptors (Lipinski definition) is 8. The SMILES string of the molecule is Cc1ccc(S(=O)(=O)n2cc(-c3ncc(F)c(NN(CC(=O)O)C4CCCC4)n3)c3cccnc32)cc1. The van der Waals surface area contributed by atoms with Gasteiger partial charge in [-0.15, -0.1) is 0 Å². The van der Waals surface area contributed by atoms with Crippen molar-refractivity contribution in [3.63, 3.8) is 0 Å². The largest absolute Gasteiger partial charge is 0.480 e. The highest BCUT2D eigenvalue weighted by Crippen LogP contribution is 2.31. The Balaban J connectivity index is 1.57. The van der Waals surface area contributed by atoms with Crippen molar-refractivity contribution < 1.29 is 22.7 Å². The first kappa shape index (κ1) is 24.8. The number of aromatic nitrogens is 4. The van der Waals surface area contributed by atoms with Crippen molar-refractivity contribution in [2.24, 2.45) is 0 Å². The van der Waals surface area contributed by atoms with Crippen LogP contribution in [0.4, 0.5) is 10.2 Å². The Morgan fingerprint density at radius 3 is 2.62 bits per heavy atom. The molecular weight excluding hydrogens is 499 g/mol. The Labute approximate surface area is 212 Å². The van der Waals surface area contributed by atoms with Gasteiger partial charge in [0.2, 0.25) is 0 Å². The van der Waals surface area contributed by atoms with Gasteiger partial charge >= 0.3 is 5.97 Å². The molecule has 1 saturated carbocycles. The molecule has 0 amide bonds. The molecule has 1 fully saturated rings. The molecule has 3 heterocycles. The minimum absolute atomic E-state index is 0.0697. The second-order valence-corrected chi connectivity index (χ2v) is 10.8. The molecule has 192 valence electrons. The summed E-state index contributed by atoms with van der Waals surface area (Å²) in [7, 11) is -4.00. The highest BCUT2D eigenvalue weighted by atomic mass is 32.2. The van der Waals surface area contributed by atoms with Crippen molar-refractivity contribution in [2.45, 2.75) is 43.5 Å². The van der Waals surface area contributed by atoms with Crippen LogP contribution in [0.1, 0.15) is 31.2 Å². The van der Waals surface area contributed by atoms with Crippen molar-refractivity contribution in [1.29, 1.82) is 0 Å². The van der Waals surface area contributed by atoms with Crippen LogP contribution in [0.2, 0.25) is 0 Å². The van der Waals surface area contributed by atoms with Crippen LogP contribution in [0.3, 0.4) is 0 Å².